The Morgan fingerprint density at radius 3 is 1.97 bits per heavy atom. The van der Waals surface area contributed by atoms with Crippen LogP contribution in [0.15, 0.2) is 53.2 Å². The summed E-state index contributed by atoms with van der Waals surface area (Å²) in [5.74, 6) is -1.71. The van der Waals surface area contributed by atoms with Crippen molar-refractivity contribution in [3.8, 4) is 32.4 Å². The molecule has 7 heteroatoms. The van der Waals surface area contributed by atoms with Crippen LogP contribution in [0.2, 0.25) is 0 Å². The molecule has 1 aliphatic rings. The highest BCUT2D eigenvalue weighted by Crippen LogP contribution is 2.51. The van der Waals surface area contributed by atoms with Gasteiger partial charge in [-0.2, -0.15) is 0 Å². The first-order valence-electron chi connectivity index (χ1n) is 8.68. The summed E-state index contributed by atoms with van der Waals surface area (Å²) < 4.78 is 0. The number of anilines is 1. The molecule has 0 amide bonds. The topological polar surface area (TPSA) is 101 Å². The number of nitrogen functional groups attached to an aromatic ring is 1. The molecule has 0 unspecified atom stereocenters. The Labute approximate surface area is 173 Å². The molecule has 1 aliphatic carbocycles. The quantitative estimate of drug-likeness (QED) is 0.279. The number of hydrogen-bond donors (Lipinski definition) is 3. The van der Waals surface area contributed by atoms with Crippen molar-refractivity contribution in [2.24, 2.45) is 0 Å². The normalized spacial score (nSPS) is 12.7. The lowest BCUT2D eigenvalue weighted by Crippen LogP contribution is -2.23. The Hall–Kier alpha value is -3.42. The van der Waals surface area contributed by atoms with E-state index in [0.29, 0.717) is 11.1 Å². The number of nitrogens with two attached hydrogens (primary N) is 1. The minimum absolute atomic E-state index is 0.0192. The largest absolute Gasteiger partial charge is 0.507 e. The smallest absolute Gasteiger partial charge is 0.202 e. The highest BCUT2D eigenvalue weighted by molar-refractivity contribution is 7.14. The summed E-state index contributed by atoms with van der Waals surface area (Å²) in [5, 5.41) is 25.2. The van der Waals surface area contributed by atoms with Crippen molar-refractivity contribution in [3.63, 3.8) is 0 Å². The second kappa shape index (κ2) is 6.30. The molecular weight excluding hydrogens is 406 g/mol. The van der Waals surface area contributed by atoms with Gasteiger partial charge in [0.2, 0.25) is 5.78 Å². The summed E-state index contributed by atoms with van der Waals surface area (Å²) in [6.45, 7) is 0. The van der Waals surface area contributed by atoms with Crippen LogP contribution < -0.4 is 5.73 Å². The van der Waals surface area contributed by atoms with Gasteiger partial charge in [0.25, 0.3) is 0 Å². The maximum atomic E-state index is 13.2. The Balaban J connectivity index is 1.94. The number of hydrogen-bond acceptors (Lipinski definition) is 7. The van der Waals surface area contributed by atoms with Crippen molar-refractivity contribution in [3.05, 3.63) is 75.5 Å². The molecule has 2 aromatic carbocycles. The fourth-order valence-electron chi connectivity index (χ4n) is 3.78. The van der Waals surface area contributed by atoms with Crippen molar-refractivity contribution < 1.29 is 19.8 Å². The van der Waals surface area contributed by atoms with E-state index in [1.54, 1.807) is 0 Å². The number of carbonyl (C=O) groups excluding carboxylic acids is 2. The number of phenolic OH excluding ortho intramolecular Hbond substituents is 2. The molecule has 0 radical (unpaired) electrons. The molecular formula is C22H13NO4S2. The van der Waals surface area contributed by atoms with Crippen LogP contribution in [0.3, 0.4) is 0 Å². The molecule has 142 valence electrons. The minimum atomic E-state index is -0.618. The summed E-state index contributed by atoms with van der Waals surface area (Å²) in [6, 6.07) is 11.7. The molecule has 0 aliphatic heterocycles. The maximum Gasteiger partial charge on any atom is 0.202 e. The zero-order valence-corrected chi connectivity index (χ0v) is 16.4. The van der Waals surface area contributed by atoms with Gasteiger partial charge in [0, 0.05) is 26.4 Å². The number of rotatable bonds is 2. The molecule has 5 nitrogen and oxygen atoms in total. The average molecular weight is 419 g/mol. The number of thiophene rings is 2. The van der Waals surface area contributed by atoms with Gasteiger partial charge in [-0.3, -0.25) is 9.59 Å². The van der Waals surface area contributed by atoms with Crippen molar-refractivity contribution in [1.82, 2.24) is 0 Å². The van der Waals surface area contributed by atoms with Crippen LogP contribution in [-0.2, 0) is 0 Å². The fourth-order valence-corrected chi connectivity index (χ4v) is 5.35. The first kappa shape index (κ1) is 17.7. The Morgan fingerprint density at radius 1 is 0.690 bits per heavy atom. The van der Waals surface area contributed by atoms with Crippen molar-refractivity contribution in [2.75, 3.05) is 5.73 Å². The molecule has 4 N–H and O–H groups in total. The summed E-state index contributed by atoms with van der Waals surface area (Å²) in [6.07, 6.45) is 0. The van der Waals surface area contributed by atoms with Crippen LogP contribution in [0, 0.1) is 0 Å². The van der Waals surface area contributed by atoms with Gasteiger partial charge in [-0.15, -0.1) is 22.7 Å². The van der Waals surface area contributed by atoms with Gasteiger partial charge in [-0.05, 0) is 29.0 Å². The van der Waals surface area contributed by atoms with Crippen molar-refractivity contribution in [1.29, 1.82) is 0 Å². The van der Waals surface area contributed by atoms with Crippen LogP contribution in [-0.4, -0.2) is 21.8 Å². The van der Waals surface area contributed by atoms with Gasteiger partial charge < -0.3 is 15.9 Å². The van der Waals surface area contributed by atoms with Gasteiger partial charge in [0.05, 0.1) is 22.4 Å². The number of ketones is 2. The van der Waals surface area contributed by atoms with E-state index in [-0.39, 0.29) is 39.4 Å². The highest BCUT2D eigenvalue weighted by atomic mass is 32.1. The summed E-state index contributed by atoms with van der Waals surface area (Å²) in [7, 11) is 0. The van der Waals surface area contributed by atoms with Gasteiger partial charge >= 0.3 is 0 Å². The third-order valence-electron chi connectivity index (χ3n) is 5.02. The van der Waals surface area contributed by atoms with E-state index in [4.69, 9.17) is 5.73 Å². The fraction of sp³-hybridized carbons (Fsp3) is 0. The molecule has 5 rings (SSSR count). The van der Waals surface area contributed by atoms with E-state index >= 15 is 0 Å². The summed E-state index contributed by atoms with van der Waals surface area (Å²) in [4.78, 5) is 28.0. The molecule has 4 aromatic rings. The number of carbonyl (C=O) groups is 2. The second-order valence-electron chi connectivity index (χ2n) is 6.57. The molecule has 0 bridgehead atoms. The summed E-state index contributed by atoms with van der Waals surface area (Å²) >= 11 is 2.82. The third kappa shape index (κ3) is 2.38. The molecule has 0 spiro atoms. The second-order valence-corrected chi connectivity index (χ2v) is 8.47. The van der Waals surface area contributed by atoms with Crippen LogP contribution in [0.25, 0.3) is 20.9 Å². The van der Waals surface area contributed by atoms with Crippen molar-refractivity contribution in [2.45, 2.75) is 0 Å². The first-order chi connectivity index (χ1) is 14.0. The van der Waals surface area contributed by atoms with Gasteiger partial charge in [-0.25, -0.2) is 0 Å². The van der Waals surface area contributed by atoms with E-state index in [0.717, 1.165) is 9.75 Å². The predicted molar refractivity (Wildman–Crippen MR) is 114 cm³/mol. The number of aromatic hydroxyl groups is 2. The monoisotopic (exact) mass is 419 g/mol. The van der Waals surface area contributed by atoms with E-state index in [2.05, 4.69) is 0 Å². The maximum absolute atomic E-state index is 13.2. The molecule has 0 saturated carbocycles. The standard InChI is InChI=1S/C22H13NO4S2/c23-19-15(12-6-2-8-28-12)16(13-7-3-9-29-13)22(27)18-17(19)20(25)10-4-1-5-11(24)14(10)21(18)26/h1-9,24,27H,23H2. The van der Waals surface area contributed by atoms with E-state index in [1.807, 2.05) is 35.0 Å². The van der Waals surface area contributed by atoms with Crippen LogP contribution in [0.1, 0.15) is 31.8 Å². The van der Waals surface area contributed by atoms with Crippen molar-refractivity contribution >= 4 is 39.9 Å². The molecule has 0 atom stereocenters. The molecule has 0 saturated heterocycles. The molecule has 2 aromatic heterocycles. The Kier molecular flexibility index (Phi) is 3.84. The number of benzene rings is 2. The van der Waals surface area contributed by atoms with Crippen LogP contribution in [0.4, 0.5) is 5.69 Å². The minimum Gasteiger partial charge on any atom is -0.507 e. The molecule has 2 heterocycles. The predicted octanol–water partition coefficient (Wildman–Crippen LogP) is 4.91. The van der Waals surface area contributed by atoms with E-state index < -0.39 is 11.6 Å². The van der Waals surface area contributed by atoms with E-state index in [9.17, 15) is 19.8 Å². The summed E-state index contributed by atoms with van der Waals surface area (Å²) in [5.41, 5.74) is 7.37. The van der Waals surface area contributed by atoms with Gasteiger partial charge in [0.1, 0.15) is 11.5 Å². The lowest BCUT2D eigenvalue weighted by molar-refractivity contribution is 0.0975. The zero-order chi connectivity index (χ0) is 20.3. The average Bonchev–Trinajstić information content (AvgIpc) is 3.41. The number of phenols is 2. The lowest BCUT2D eigenvalue weighted by Gasteiger charge is -2.24. The third-order valence-corrected chi connectivity index (χ3v) is 6.79. The number of fused-ring (bicyclic) bond motifs is 2. The zero-order valence-electron chi connectivity index (χ0n) is 14.8. The molecule has 0 fully saturated rings. The SMILES string of the molecule is Nc1c2c(c(O)c(-c3cccs3)c1-c1cccs1)C(=O)c1c(O)cccc1C2=O. The van der Waals surface area contributed by atoms with E-state index in [1.165, 1.54) is 40.9 Å². The van der Waals surface area contributed by atoms with Crippen LogP contribution in [0.5, 0.6) is 11.5 Å². The van der Waals surface area contributed by atoms with Crippen LogP contribution >= 0.6 is 22.7 Å². The molecule has 29 heavy (non-hydrogen) atoms. The van der Waals surface area contributed by atoms with Gasteiger partial charge in [-0.1, -0.05) is 24.3 Å². The van der Waals surface area contributed by atoms with Gasteiger partial charge in [0.15, 0.2) is 5.78 Å². The highest BCUT2D eigenvalue weighted by Gasteiger charge is 2.39. The Morgan fingerprint density at radius 2 is 1.34 bits per heavy atom. The first-order valence-corrected chi connectivity index (χ1v) is 10.4. The Bertz CT molecular complexity index is 1310. The lowest BCUT2D eigenvalue weighted by atomic mass is 9.79.